The molecule has 2 fully saturated rings. The fourth-order valence-electron chi connectivity index (χ4n) is 6.49. The van der Waals surface area contributed by atoms with Gasteiger partial charge in [-0.15, -0.1) is 0 Å². The van der Waals surface area contributed by atoms with Crippen molar-refractivity contribution in [3.63, 3.8) is 0 Å². The van der Waals surface area contributed by atoms with Crippen LogP contribution < -0.4 is 15.5 Å². The highest BCUT2D eigenvalue weighted by Crippen LogP contribution is 2.41. The van der Waals surface area contributed by atoms with Gasteiger partial charge in [0.2, 0.25) is 11.8 Å². The van der Waals surface area contributed by atoms with Gasteiger partial charge in [0.25, 0.3) is 11.7 Å². The molecule has 3 unspecified atom stereocenters. The molecule has 47 heavy (non-hydrogen) atoms. The topological polar surface area (TPSA) is 143 Å². The van der Waals surface area contributed by atoms with Crippen molar-refractivity contribution < 1.29 is 36.6 Å². The second kappa shape index (κ2) is 14.1. The van der Waals surface area contributed by atoms with E-state index >= 15 is 0 Å². The maximum Gasteiger partial charge on any atom is 0.393 e. The van der Waals surface area contributed by atoms with Crippen molar-refractivity contribution in [3.8, 4) is 0 Å². The lowest BCUT2D eigenvalue weighted by molar-refractivity contribution is -0.183. The van der Waals surface area contributed by atoms with Gasteiger partial charge in [-0.05, 0) is 44.6 Å². The highest BCUT2D eigenvalue weighted by atomic mass is 19.4. The number of halogens is 5. The van der Waals surface area contributed by atoms with Crippen LogP contribution in [0.25, 0.3) is 5.78 Å². The molecule has 3 aromatic rings. The van der Waals surface area contributed by atoms with Crippen LogP contribution in [-0.2, 0) is 17.8 Å². The summed E-state index contributed by atoms with van der Waals surface area (Å²) in [5.74, 6) is -6.50. The van der Waals surface area contributed by atoms with Gasteiger partial charge in [0.15, 0.2) is 5.82 Å². The Balaban J connectivity index is 1.54. The fraction of sp³-hybridized carbons (Fsp3) is 0.667. The van der Waals surface area contributed by atoms with E-state index in [4.69, 9.17) is 4.98 Å². The fourth-order valence-corrected chi connectivity index (χ4v) is 6.49. The molecule has 3 atom stereocenters. The lowest BCUT2D eigenvalue weighted by Crippen LogP contribution is -2.47. The number of fused-ring (bicyclic) bond motifs is 1. The van der Waals surface area contributed by atoms with Crippen molar-refractivity contribution in [2.24, 2.45) is 17.8 Å². The van der Waals surface area contributed by atoms with Gasteiger partial charge in [-0.3, -0.25) is 14.3 Å². The molecule has 1 saturated heterocycles. The largest absolute Gasteiger partial charge is 0.395 e. The zero-order valence-electron chi connectivity index (χ0n) is 26.3. The number of carbonyl (C=O) groups excluding carboxylic acids is 2. The average molecular weight is 670 g/mol. The number of carbonyl (C=O) groups is 2. The molecule has 12 nitrogen and oxygen atoms in total. The predicted molar refractivity (Wildman–Crippen MR) is 160 cm³/mol. The summed E-state index contributed by atoms with van der Waals surface area (Å²) >= 11 is 0. The number of aliphatic hydroxyl groups excluding tert-OH is 1. The summed E-state index contributed by atoms with van der Waals surface area (Å²) in [6, 6.07) is 0.778. The van der Waals surface area contributed by atoms with E-state index in [-0.39, 0.29) is 68.5 Å². The maximum absolute atomic E-state index is 14.1. The molecule has 4 heterocycles. The van der Waals surface area contributed by atoms with Crippen LogP contribution in [0, 0.1) is 17.8 Å². The van der Waals surface area contributed by atoms with E-state index in [9.17, 15) is 36.6 Å². The predicted octanol–water partition coefficient (Wildman–Crippen LogP) is 3.70. The number of alkyl halides is 5. The standard InChI is InChI=1S/C30H40F5N9O3/c1-3-11-42(12-13-45)25-21(15-19-14-20(30(33,34)35)16-36-26(19)46)41-44-17-22(38-28(44)40-25)24(18-5-8-29(31,32)9-6-18)39-27(47)23-7-10-37-43(23)4-2/h7,10,17-20,24,45H,3-6,8-9,11-16H2,1-2H3,(H,36,46)(H,39,47). The number of nitrogens with zero attached hydrogens (tertiary/aromatic N) is 7. The number of piperidine rings is 1. The number of imidazole rings is 1. The molecule has 2 amide bonds. The second-order valence-corrected chi connectivity index (χ2v) is 12.3. The normalized spacial score (nSPS) is 21.1. The van der Waals surface area contributed by atoms with Crippen LogP contribution in [-0.4, -0.2) is 84.6 Å². The molecule has 1 aliphatic carbocycles. The smallest absolute Gasteiger partial charge is 0.393 e. The Morgan fingerprint density at radius 3 is 2.62 bits per heavy atom. The summed E-state index contributed by atoms with van der Waals surface area (Å²) < 4.78 is 71.9. The van der Waals surface area contributed by atoms with Crippen molar-refractivity contribution in [2.45, 2.75) is 83.5 Å². The van der Waals surface area contributed by atoms with Crippen LogP contribution >= 0.6 is 0 Å². The quantitative estimate of drug-likeness (QED) is 0.248. The third kappa shape index (κ3) is 7.81. The van der Waals surface area contributed by atoms with Gasteiger partial charge in [-0.25, -0.2) is 18.3 Å². The molecular formula is C30H40F5N9O3. The van der Waals surface area contributed by atoms with E-state index < -0.39 is 54.8 Å². The first-order valence-electron chi connectivity index (χ1n) is 16.0. The first-order valence-corrected chi connectivity index (χ1v) is 16.0. The summed E-state index contributed by atoms with van der Waals surface area (Å²) in [6.07, 6.45) is -1.78. The molecule has 17 heteroatoms. The minimum Gasteiger partial charge on any atom is -0.395 e. The van der Waals surface area contributed by atoms with Gasteiger partial charge in [0, 0.05) is 57.6 Å². The Kier molecular flexibility index (Phi) is 10.3. The van der Waals surface area contributed by atoms with Crippen molar-refractivity contribution in [1.29, 1.82) is 0 Å². The second-order valence-electron chi connectivity index (χ2n) is 12.3. The monoisotopic (exact) mass is 669 g/mol. The van der Waals surface area contributed by atoms with Gasteiger partial charge in [-0.2, -0.15) is 28.4 Å². The number of rotatable bonds is 12. The van der Waals surface area contributed by atoms with Gasteiger partial charge in [0.05, 0.1) is 30.5 Å². The van der Waals surface area contributed by atoms with Crippen molar-refractivity contribution in [3.05, 3.63) is 35.5 Å². The van der Waals surface area contributed by atoms with Crippen LogP contribution in [0.2, 0.25) is 0 Å². The van der Waals surface area contributed by atoms with Crippen LogP contribution in [0.4, 0.5) is 27.8 Å². The number of hydrogen-bond acceptors (Lipinski definition) is 8. The molecule has 5 rings (SSSR count). The molecule has 0 aromatic carbocycles. The van der Waals surface area contributed by atoms with E-state index in [0.717, 1.165) is 0 Å². The first-order chi connectivity index (χ1) is 22.3. The Morgan fingerprint density at radius 2 is 1.96 bits per heavy atom. The number of nitrogens with one attached hydrogen (secondary N) is 2. The molecule has 1 aliphatic heterocycles. The number of aromatic nitrogens is 6. The third-order valence-corrected chi connectivity index (χ3v) is 9.00. The summed E-state index contributed by atoms with van der Waals surface area (Å²) in [4.78, 5) is 37.2. The van der Waals surface area contributed by atoms with Gasteiger partial charge in [0.1, 0.15) is 11.4 Å². The number of anilines is 1. The maximum atomic E-state index is 14.1. The zero-order chi connectivity index (χ0) is 33.9. The molecule has 2 aliphatic rings. The molecule has 3 aromatic heterocycles. The highest BCUT2D eigenvalue weighted by molar-refractivity contribution is 5.92. The lowest BCUT2D eigenvalue weighted by Gasteiger charge is -2.33. The van der Waals surface area contributed by atoms with E-state index in [2.05, 4.69) is 25.8 Å². The molecule has 3 N–H and O–H groups in total. The molecule has 0 bridgehead atoms. The highest BCUT2D eigenvalue weighted by Gasteiger charge is 2.45. The van der Waals surface area contributed by atoms with Crippen LogP contribution in [0.15, 0.2) is 18.5 Å². The van der Waals surface area contributed by atoms with E-state index in [1.54, 1.807) is 11.0 Å². The minimum atomic E-state index is -4.48. The Bertz CT molecular complexity index is 1540. The number of aryl methyl sites for hydroxylation is 1. The molecule has 1 saturated carbocycles. The molecule has 0 spiro atoms. The zero-order valence-corrected chi connectivity index (χ0v) is 26.3. The minimum absolute atomic E-state index is 0.109. The van der Waals surface area contributed by atoms with Crippen molar-refractivity contribution in [1.82, 2.24) is 40.0 Å². The summed E-state index contributed by atoms with van der Waals surface area (Å²) in [6.45, 7) is 4.05. The first kappa shape index (κ1) is 34.4. The van der Waals surface area contributed by atoms with Crippen LogP contribution in [0.5, 0.6) is 0 Å². The van der Waals surface area contributed by atoms with Gasteiger partial charge < -0.3 is 20.6 Å². The number of aliphatic hydroxyl groups is 1. The summed E-state index contributed by atoms with van der Waals surface area (Å²) in [5.41, 5.74) is 0.873. The van der Waals surface area contributed by atoms with E-state index in [1.807, 2.05) is 13.8 Å². The van der Waals surface area contributed by atoms with Crippen LogP contribution in [0.3, 0.4) is 0 Å². The van der Waals surface area contributed by atoms with Crippen molar-refractivity contribution in [2.75, 3.05) is 31.1 Å². The SMILES string of the molecule is CCCN(CCO)c1nc2nc(C(NC(=O)c3ccnn3CC)C3CCC(F)(F)CC3)cn2nc1CC1CC(C(F)(F)F)CNC1=O. The Hall–Kier alpha value is -3.89. The van der Waals surface area contributed by atoms with Crippen molar-refractivity contribution >= 4 is 23.4 Å². The summed E-state index contributed by atoms with van der Waals surface area (Å²) in [7, 11) is 0. The average Bonchev–Trinajstić information content (AvgIpc) is 3.67. The molecular weight excluding hydrogens is 629 g/mol. The number of hydrogen-bond donors (Lipinski definition) is 3. The van der Waals surface area contributed by atoms with Gasteiger partial charge >= 0.3 is 6.18 Å². The molecule has 258 valence electrons. The van der Waals surface area contributed by atoms with Gasteiger partial charge in [-0.1, -0.05) is 6.92 Å². The summed E-state index contributed by atoms with van der Waals surface area (Å²) in [5, 5.41) is 23.9. The van der Waals surface area contributed by atoms with E-state index in [1.165, 1.54) is 21.6 Å². The Morgan fingerprint density at radius 1 is 1.21 bits per heavy atom. The molecule has 0 radical (unpaired) electrons. The Labute approximate surface area is 268 Å². The van der Waals surface area contributed by atoms with E-state index in [0.29, 0.717) is 30.9 Å². The number of amides is 2. The van der Waals surface area contributed by atoms with Crippen LogP contribution in [0.1, 0.15) is 80.3 Å². The lowest BCUT2D eigenvalue weighted by atomic mass is 9.81. The third-order valence-electron chi connectivity index (χ3n) is 9.00.